The molecule has 1 aromatic heterocycles. The molecule has 1 aliphatic rings. The zero-order valence-corrected chi connectivity index (χ0v) is 12.0. The number of carbonyl (C=O) groups excluding carboxylic acids is 1. The predicted molar refractivity (Wildman–Crippen MR) is 73.3 cm³/mol. The second-order valence-corrected chi connectivity index (χ2v) is 6.85. The molecule has 1 fully saturated rings. The summed E-state index contributed by atoms with van der Waals surface area (Å²) in [5.41, 5.74) is 0.716. The average molecular weight is 365 g/mol. The Labute approximate surface area is 117 Å². The first-order valence-corrected chi connectivity index (χ1v) is 7.30. The van der Waals surface area contributed by atoms with E-state index in [9.17, 15) is 9.59 Å². The molecule has 0 atom stereocenters. The molecule has 1 amide bonds. The molecule has 2 rings (SSSR count). The van der Waals surface area contributed by atoms with Crippen LogP contribution in [0.1, 0.15) is 23.2 Å². The minimum absolute atomic E-state index is 0.0213. The Morgan fingerprint density at radius 2 is 2.06 bits per heavy atom. The quantitative estimate of drug-likeness (QED) is 0.819. The number of thiophene rings is 1. The molecule has 1 saturated heterocycles. The number of amides is 1. The molecule has 0 aliphatic carbocycles. The summed E-state index contributed by atoms with van der Waals surface area (Å²) in [4.78, 5) is 24.6. The van der Waals surface area contributed by atoms with Crippen LogP contribution in [-0.4, -0.2) is 35.0 Å². The maximum absolute atomic E-state index is 12.1. The Balaban J connectivity index is 1.97. The van der Waals surface area contributed by atoms with Gasteiger partial charge in [-0.1, -0.05) is 0 Å². The highest BCUT2D eigenvalue weighted by Gasteiger charge is 2.27. The number of carbonyl (C=O) groups is 2. The number of halogens is 1. The second kappa shape index (κ2) is 5.34. The maximum Gasteiger partial charge on any atom is 0.306 e. The van der Waals surface area contributed by atoms with Gasteiger partial charge in [0.1, 0.15) is 0 Å². The van der Waals surface area contributed by atoms with Gasteiger partial charge in [-0.2, -0.15) is 0 Å². The van der Waals surface area contributed by atoms with Gasteiger partial charge in [-0.25, -0.2) is 0 Å². The fourth-order valence-corrected chi connectivity index (χ4v) is 3.25. The summed E-state index contributed by atoms with van der Waals surface area (Å²) in [7, 11) is 0. The van der Waals surface area contributed by atoms with Crippen molar-refractivity contribution >= 4 is 45.8 Å². The summed E-state index contributed by atoms with van der Waals surface area (Å²) in [5.74, 6) is -1.02. The standard InChI is InChI=1S/C11H12INO3S/c12-9-5-8(6-17-9)10(14)13-3-1-7(2-4-13)11(15)16/h5-7H,1-4H2,(H,15,16). The molecule has 4 nitrogen and oxygen atoms in total. The fraction of sp³-hybridized carbons (Fsp3) is 0.455. The van der Waals surface area contributed by atoms with Crippen LogP contribution in [0.5, 0.6) is 0 Å². The molecule has 6 heteroatoms. The van der Waals surface area contributed by atoms with Crippen molar-refractivity contribution in [2.75, 3.05) is 13.1 Å². The first-order chi connectivity index (χ1) is 8.08. The van der Waals surface area contributed by atoms with E-state index in [1.807, 2.05) is 11.4 Å². The maximum atomic E-state index is 12.1. The van der Waals surface area contributed by atoms with Gasteiger partial charge in [-0.3, -0.25) is 9.59 Å². The SMILES string of the molecule is O=C(O)C1CCN(C(=O)c2csc(I)c2)CC1. The molecule has 1 aromatic rings. The van der Waals surface area contributed by atoms with Crippen LogP contribution in [0.3, 0.4) is 0 Å². The molecule has 0 unspecified atom stereocenters. The molecule has 92 valence electrons. The summed E-state index contributed by atoms with van der Waals surface area (Å²) in [6.07, 6.45) is 1.12. The first kappa shape index (κ1) is 12.8. The van der Waals surface area contributed by atoms with Gasteiger partial charge in [0.05, 0.1) is 14.4 Å². The van der Waals surface area contributed by atoms with Crippen molar-refractivity contribution in [3.8, 4) is 0 Å². The number of aliphatic carboxylic acids is 1. The van der Waals surface area contributed by atoms with E-state index in [2.05, 4.69) is 22.6 Å². The lowest BCUT2D eigenvalue weighted by atomic mass is 9.97. The number of likely N-dealkylation sites (tertiary alicyclic amines) is 1. The van der Waals surface area contributed by atoms with Crippen molar-refractivity contribution in [1.82, 2.24) is 4.90 Å². The third-order valence-electron chi connectivity index (χ3n) is 2.95. The van der Waals surface area contributed by atoms with Crippen LogP contribution >= 0.6 is 33.9 Å². The molecular formula is C11H12INO3S. The van der Waals surface area contributed by atoms with Gasteiger partial charge in [-0.15, -0.1) is 11.3 Å². The van der Waals surface area contributed by atoms with Crippen molar-refractivity contribution in [3.63, 3.8) is 0 Å². The molecule has 1 N–H and O–H groups in total. The van der Waals surface area contributed by atoms with Crippen LogP contribution in [-0.2, 0) is 4.79 Å². The van der Waals surface area contributed by atoms with Crippen LogP contribution in [0.15, 0.2) is 11.4 Å². The zero-order chi connectivity index (χ0) is 12.4. The first-order valence-electron chi connectivity index (χ1n) is 5.34. The second-order valence-electron chi connectivity index (χ2n) is 4.04. The normalized spacial score (nSPS) is 17.1. The molecule has 0 saturated carbocycles. The van der Waals surface area contributed by atoms with Crippen LogP contribution in [0.25, 0.3) is 0 Å². The highest BCUT2D eigenvalue weighted by atomic mass is 127. The van der Waals surface area contributed by atoms with Gasteiger partial charge < -0.3 is 10.0 Å². The number of carboxylic acids is 1. The number of piperidine rings is 1. The van der Waals surface area contributed by atoms with Crippen LogP contribution in [0.2, 0.25) is 0 Å². The largest absolute Gasteiger partial charge is 0.481 e. The minimum atomic E-state index is -0.748. The van der Waals surface area contributed by atoms with Gasteiger partial charge >= 0.3 is 5.97 Å². The fourth-order valence-electron chi connectivity index (χ4n) is 1.93. The molecule has 17 heavy (non-hydrogen) atoms. The Hall–Kier alpha value is -0.630. The molecule has 0 spiro atoms. The molecule has 1 aliphatic heterocycles. The van der Waals surface area contributed by atoms with Gasteiger partial charge in [0.25, 0.3) is 5.91 Å². The zero-order valence-electron chi connectivity index (χ0n) is 9.06. The monoisotopic (exact) mass is 365 g/mol. The van der Waals surface area contributed by atoms with Gasteiger partial charge in [-0.05, 0) is 41.5 Å². The lowest BCUT2D eigenvalue weighted by Gasteiger charge is -2.29. The molecule has 0 bridgehead atoms. The van der Waals surface area contributed by atoms with E-state index >= 15 is 0 Å². The van der Waals surface area contributed by atoms with Crippen molar-refractivity contribution in [2.45, 2.75) is 12.8 Å². The average Bonchev–Trinajstić information content (AvgIpc) is 2.75. The van der Waals surface area contributed by atoms with Gasteiger partial charge in [0.15, 0.2) is 0 Å². The number of carboxylic acid groups (broad SMARTS) is 1. The van der Waals surface area contributed by atoms with Crippen molar-refractivity contribution in [2.24, 2.45) is 5.92 Å². The Kier molecular flexibility index (Phi) is 4.03. The highest BCUT2D eigenvalue weighted by molar-refractivity contribution is 14.1. The summed E-state index contributed by atoms with van der Waals surface area (Å²) in [6.45, 7) is 1.09. The molecule has 0 aromatic carbocycles. The van der Waals surface area contributed by atoms with Crippen LogP contribution in [0.4, 0.5) is 0 Å². The smallest absolute Gasteiger partial charge is 0.306 e. The lowest BCUT2D eigenvalue weighted by molar-refractivity contribution is -0.143. The number of hydrogen-bond donors (Lipinski definition) is 1. The highest BCUT2D eigenvalue weighted by Crippen LogP contribution is 2.22. The van der Waals surface area contributed by atoms with Gasteiger partial charge in [0, 0.05) is 18.5 Å². The van der Waals surface area contributed by atoms with Crippen LogP contribution in [0, 0.1) is 8.80 Å². The van der Waals surface area contributed by atoms with Crippen molar-refractivity contribution in [3.05, 3.63) is 19.9 Å². The number of nitrogens with zero attached hydrogens (tertiary/aromatic N) is 1. The summed E-state index contributed by atoms with van der Waals surface area (Å²) in [6, 6.07) is 1.87. The lowest BCUT2D eigenvalue weighted by Crippen LogP contribution is -2.40. The predicted octanol–water partition coefficient (Wildman–Crippen LogP) is 2.29. The van der Waals surface area contributed by atoms with Crippen molar-refractivity contribution in [1.29, 1.82) is 0 Å². The molecular weight excluding hydrogens is 353 g/mol. The summed E-state index contributed by atoms with van der Waals surface area (Å²) in [5, 5.41) is 10.7. The van der Waals surface area contributed by atoms with E-state index < -0.39 is 5.97 Å². The number of rotatable bonds is 2. The summed E-state index contributed by atoms with van der Waals surface area (Å²) >= 11 is 3.73. The van der Waals surface area contributed by atoms with Crippen molar-refractivity contribution < 1.29 is 14.7 Å². The Morgan fingerprint density at radius 3 is 2.53 bits per heavy atom. The van der Waals surface area contributed by atoms with Gasteiger partial charge in [0.2, 0.25) is 0 Å². The third-order valence-corrected chi connectivity index (χ3v) is 4.73. The van der Waals surface area contributed by atoms with E-state index in [1.165, 1.54) is 0 Å². The minimum Gasteiger partial charge on any atom is -0.481 e. The topological polar surface area (TPSA) is 57.6 Å². The number of hydrogen-bond acceptors (Lipinski definition) is 3. The van der Waals surface area contributed by atoms with E-state index in [0.717, 1.165) is 2.88 Å². The Bertz CT molecular complexity index is 438. The molecule has 0 radical (unpaired) electrons. The van der Waals surface area contributed by atoms with E-state index in [-0.39, 0.29) is 11.8 Å². The van der Waals surface area contributed by atoms with Crippen LogP contribution < -0.4 is 0 Å². The van der Waals surface area contributed by atoms with E-state index in [4.69, 9.17) is 5.11 Å². The summed E-state index contributed by atoms with van der Waals surface area (Å²) < 4.78 is 1.09. The Morgan fingerprint density at radius 1 is 1.41 bits per heavy atom. The van der Waals surface area contributed by atoms with E-state index in [1.54, 1.807) is 16.2 Å². The third kappa shape index (κ3) is 2.98. The van der Waals surface area contributed by atoms with E-state index in [0.29, 0.717) is 31.5 Å². The molecule has 2 heterocycles.